The summed E-state index contributed by atoms with van der Waals surface area (Å²) < 4.78 is 10.9. The summed E-state index contributed by atoms with van der Waals surface area (Å²) in [5.41, 5.74) is 0. The summed E-state index contributed by atoms with van der Waals surface area (Å²) in [5.74, 6) is 0.712. The van der Waals surface area contributed by atoms with Gasteiger partial charge >= 0.3 is 0 Å². The van der Waals surface area contributed by atoms with Gasteiger partial charge in [0.1, 0.15) is 5.75 Å². The molecule has 24 heavy (non-hydrogen) atoms. The van der Waals surface area contributed by atoms with Gasteiger partial charge in [-0.05, 0) is 26.0 Å². The molecule has 0 aromatic heterocycles. The Hall–Kier alpha value is -1.63. The summed E-state index contributed by atoms with van der Waals surface area (Å²) in [7, 11) is 0. The third-order valence-corrected chi connectivity index (χ3v) is 4.07. The van der Waals surface area contributed by atoms with Gasteiger partial charge in [0.25, 0.3) is 5.91 Å². The van der Waals surface area contributed by atoms with Gasteiger partial charge in [-0.25, -0.2) is 0 Å². The molecule has 1 aromatic rings. The van der Waals surface area contributed by atoms with Crippen molar-refractivity contribution in [1.29, 1.82) is 0 Å². The standard InChI is InChI=1S/C18H28N2O4/c1-3-23-14-16(21)13-19-9-11-20(12-10-19)18(22)15(2)24-17-7-5-4-6-8-17/h4-8,15-16,21H,3,9-14H2,1-2H3. The van der Waals surface area contributed by atoms with Gasteiger partial charge in [0.2, 0.25) is 0 Å². The molecule has 0 aliphatic carbocycles. The predicted molar refractivity (Wildman–Crippen MR) is 92.1 cm³/mol. The van der Waals surface area contributed by atoms with Crippen LogP contribution in [0.25, 0.3) is 0 Å². The van der Waals surface area contributed by atoms with E-state index in [-0.39, 0.29) is 5.91 Å². The Kier molecular flexibility index (Phi) is 7.49. The molecule has 1 N–H and O–H groups in total. The van der Waals surface area contributed by atoms with E-state index in [9.17, 15) is 9.90 Å². The highest BCUT2D eigenvalue weighted by Crippen LogP contribution is 2.13. The summed E-state index contributed by atoms with van der Waals surface area (Å²) >= 11 is 0. The molecule has 1 saturated heterocycles. The van der Waals surface area contributed by atoms with Crippen LogP contribution < -0.4 is 4.74 Å². The molecule has 0 spiro atoms. The first kappa shape index (κ1) is 18.7. The zero-order chi connectivity index (χ0) is 17.4. The van der Waals surface area contributed by atoms with Crippen LogP contribution in [0.4, 0.5) is 0 Å². The number of ether oxygens (including phenoxy) is 2. The molecule has 2 rings (SSSR count). The van der Waals surface area contributed by atoms with Crippen molar-refractivity contribution in [2.24, 2.45) is 0 Å². The molecule has 1 aromatic carbocycles. The molecule has 1 aliphatic heterocycles. The number of amides is 1. The predicted octanol–water partition coefficient (Wildman–Crippen LogP) is 0.996. The van der Waals surface area contributed by atoms with Crippen LogP contribution in [0.3, 0.4) is 0 Å². The number of carbonyl (C=O) groups is 1. The molecule has 1 aliphatic rings. The number of para-hydroxylation sites is 1. The number of aliphatic hydroxyl groups is 1. The van der Waals surface area contributed by atoms with Crippen LogP contribution in [0.2, 0.25) is 0 Å². The Balaban J connectivity index is 1.74. The summed E-state index contributed by atoms with van der Waals surface area (Å²) in [6, 6.07) is 9.39. The van der Waals surface area contributed by atoms with Gasteiger partial charge in [-0.3, -0.25) is 9.69 Å². The molecule has 0 saturated carbocycles. The van der Waals surface area contributed by atoms with Crippen molar-refractivity contribution in [3.63, 3.8) is 0 Å². The Morgan fingerprint density at radius 3 is 2.50 bits per heavy atom. The largest absolute Gasteiger partial charge is 0.481 e. The third kappa shape index (κ3) is 5.78. The van der Waals surface area contributed by atoms with Crippen molar-refractivity contribution in [1.82, 2.24) is 9.80 Å². The van der Waals surface area contributed by atoms with Crippen molar-refractivity contribution in [3.05, 3.63) is 30.3 Å². The van der Waals surface area contributed by atoms with E-state index in [1.54, 1.807) is 6.92 Å². The van der Waals surface area contributed by atoms with E-state index in [4.69, 9.17) is 9.47 Å². The van der Waals surface area contributed by atoms with E-state index < -0.39 is 12.2 Å². The maximum atomic E-state index is 12.5. The molecule has 6 heteroatoms. The lowest BCUT2D eigenvalue weighted by molar-refractivity contribution is -0.140. The lowest BCUT2D eigenvalue weighted by Crippen LogP contribution is -2.53. The Labute approximate surface area is 144 Å². The zero-order valence-electron chi connectivity index (χ0n) is 14.6. The first-order chi connectivity index (χ1) is 11.6. The van der Waals surface area contributed by atoms with Gasteiger partial charge in [0, 0.05) is 39.3 Å². The first-order valence-electron chi connectivity index (χ1n) is 8.58. The minimum absolute atomic E-state index is 0.00775. The number of hydrogen-bond donors (Lipinski definition) is 1. The fraction of sp³-hybridized carbons (Fsp3) is 0.611. The second kappa shape index (κ2) is 9.61. The van der Waals surface area contributed by atoms with E-state index in [2.05, 4.69) is 4.90 Å². The molecular weight excluding hydrogens is 308 g/mol. The number of hydrogen-bond acceptors (Lipinski definition) is 5. The van der Waals surface area contributed by atoms with Crippen LogP contribution in [0, 0.1) is 0 Å². The monoisotopic (exact) mass is 336 g/mol. The fourth-order valence-corrected chi connectivity index (χ4v) is 2.77. The minimum atomic E-state index is -0.498. The highest BCUT2D eigenvalue weighted by molar-refractivity contribution is 5.81. The molecule has 2 unspecified atom stereocenters. The average Bonchev–Trinajstić information content (AvgIpc) is 2.61. The summed E-state index contributed by atoms with van der Waals surface area (Å²) in [6.07, 6.45) is -0.977. The van der Waals surface area contributed by atoms with Gasteiger partial charge in [-0.1, -0.05) is 18.2 Å². The van der Waals surface area contributed by atoms with Gasteiger partial charge < -0.3 is 19.5 Å². The molecule has 2 atom stereocenters. The number of β-amino-alcohol motifs (C(OH)–C–C–N with tert-alkyl or cyclic N) is 1. The van der Waals surface area contributed by atoms with Crippen LogP contribution in [0.1, 0.15) is 13.8 Å². The van der Waals surface area contributed by atoms with Gasteiger partial charge in [0.15, 0.2) is 6.10 Å². The van der Waals surface area contributed by atoms with Crippen LogP contribution in [0.15, 0.2) is 30.3 Å². The Bertz CT molecular complexity index is 489. The zero-order valence-corrected chi connectivity index (χ0v) is 14.6. The molecule has 1 fully saturated rings. The molecule has 0 bridgehead atoms. The maximum absolute atomic E-state index is 12.5. The molecule has 134 valence electrons. The van der Waals surface area contributed by atoms with Crippen LogP contribution in [-0.2, 0) is 9.53 Å². The van der Waals surface area contributed by atoms with E-state index in [0.717, 1.165) is 13.1 Å². The van der Waals surface area contributed by atoms with Crippen LogP contribution in [0.5, 0.6) is 5.75 Å². The van der Waals surface area contributed by atoms with Crippen molar-refractivity contribution >= 4 is 5.91 Å². The van der Waals surface area contributed by atoms with Crippen molar-refractivity contribution in [3.8, 4) is 5.75 Å². The highest BCUT2D eigenvalue weighted by Gasteiger charge is 2.26. The molecule has 1 amide bonds. The molecule has 1 heterocycles. The second-order valence-corrected chi connectivity index (χ2v) is 6.01. The van der Waals surface area contributed by atoms with Gasteiger partial charge in [-0.15, -0.1) is 0 Å². The fourth-order valence-electron chi connectivity index (χ4n) is 2.77. The van der Waals surface area contributed by atoms with Crippen molar-refractivity contribution < 1.29 is 19.4 Å². The maximum Gasteiger partial charge on any atom is 0.263 e. The number of rotatable bonds is 8. The number of piperazine rings is 1. The molecule has 6 nitrogen and oxygen atoms in total. The van der Waals surface area contributed by atoms with Gasteiger partial charge in [0.05, 0.1) is 12.7 Å². The molecular formula is C18H28N2O4. The van der Waals surface area contributed by atoms with Crippen molar-refractivity contribution in [2.45, 2.75) is 26.1 Å². The lowest BCUT2D eigenvalue weighted by Gasteiger charge is -2.36. The Morgan fingerprint density at radius 1 is 1.21 bits per heavy atom. The third-order valence-electron chi connectivity index (χ3n) is 4.07. The SMILES string of the molecule is CCOCC(O)CN1CCN(C(=O)C(C)Oc2ccccc2)CC1. The summed E-state index contributed by atoms with van der Waals surface area (Å²) in [6.45, 7) is 8.07. The van der Waals surface area contributed by atoms with E-state index in [0.29, 0.717) is 38.6 Å². The number of carbonyl (C=O) groups excluding carboxylic acids is 1. The van der Waals surface area contributed by atoms with E-state index in [1.165, 1.54) is 0 Å². The molecule has 0 radical (unpaired) electrons. The second-order valence-electron chi connectivity index (χ2n) is 6.01. The number of aliphatic hydroxyl groups excluding tert-OH is 1. The summed E-state index contributed by atoms with van der Waals surface area (Å²) in [4.78, 5) is 16.5. The van der Waals surface area contributed by atoms with Crippen molar-refractivity contribution in [2.75, 3.05) is 45.9 Å². The van der Waals surface area contributed by atoms with Crippen LogP contribution in [-0.4, -0.2) is 79.0 Å². The Morgan fingerprint density at radius 2 is 1.88 bits per heavy atom. The smallest absolute Gasteiger partial charge is 0.263 e. The van der Waals surface area contributed by atoms with E-state index >= 15 is 0 Å². The minimum Gasteiger partial charge on any atom is -0.481 e. The van der Waals surface area contributed by atoms with Gasteiger partial charge in [-0.2, -0.15) is 0 Å². The quantitative estimate of drug-likeness (QED) is 0.767. The normalized spacial score (nSPS) is 18.2. The van der Waals surface area contributed by atoms with E-state index in [1.807, 2.05) is 42.2 Å². The average molecular weight is 336 g/mol. The highest BCUT2D eigenvalue weighted by atomic mass is 16.5. The topological polar surface area (TPSA) is 62.2 Å². The number of benzene rings is 1. The van der Waals surface area contributed by atoms with Crippen LogP contribution >= 0.6 is 0 Å². The number of nitrogens with zero attached hydrogens (tertiary/aromatic N) is 2. The first-order valence-corrected chi connectivity index (χ1v) is 8.58. The summed E-state index contributed by atoms with van der Waals surface area (Å²) in [5, 5.41) is 9.89. The lowest BCUT2D eigenvalue weighted by atomic mass is 10.2.